The first-order valence-electron chi connectivity index (χ1n) is 11.8. The van der Waals surface area contributed by atoms with Gasteiger partial charge in [0.25, 0.3) is 11.5 Å². The Balaban J connectivity index is 1.79. The molecule has 39 heavy (non-hydrogen) atoms. The Bertz CT molecular complexity index is 1630. The first-order valence-corrected chi connectivity index (χ1v) is 13.0. The van der Waals surface area contributed by atoms with Gasteiger partial charge >= 0.3 is 0 Å². The number of Topliss-reactive ketones (excluding diaryl/α,β-unsaturated/α-hetero) is 1. The van der Waals surface area contributed by atoms with E-state index in [-0.39, 0.29) is 23.7 Å². The van der Waals surface area contributed by atoms with Crippen LogP contribution in [0, 0.1) is 5.41 Å². The number of pyridine rings is 1. The van der Waals surface area contributed by atoms with E-state index in [1.807, 2.05) is 6.07 Å². The van der Waals surface area contributed by atoms with Crippen LogP contribution in [-0.2, 0) is 13.1 Å². The smallest absolute Gasteiger partial charge is 0.262 e. The fourth-order valence-electron chi connectivity index (χ4n) is 3.60. The van der Waals surface area contributed by atoms with Crippen LogP contribution in [0.3, 0.4) is 0 Å². The highest BCUT2D eigenvalue weighted by Crippen LogP contribution is 2.28. The van der Waals surface area contributed by atoms with Crippen molar-refractivity contribution in [3.63, 3.8) is 0 Å². The van der Waals surface area contributed by atoms with Crippen LogP contribution in [0.25, 0.3) is 11.3 Å². The molecular formula is C27H25ClN6O4S. The van der Waals surface area contributed by atoms with E-state index in [0.29, 0.717) is 28.0 Å². The zero-order chi connectivity index (χ0) is 28.3. The largest absolute Gasteiger partial charge is 0.365 e. The van der Waals surface area contributed by atoms with E-state index in [1.165, 1.54) is 46.9 Å². The lowest BCUT2D eigenvalue weighted by Gasteiger charge is -2.18. The third-order valence-corrected chi connectivity index (χ3v) is 6.84. The Labute approximate surface area is 233 Å². The molecule has 0 aliphatic heterocycles. The van der Waals surface area contributed by atoms with E-state index in [9.17, 15) is 19.2 Å². The highest BCUT2D eigenvalue weighted by molar-refractivity contribution is 7.16. The van der Waals surface area contributed by atoms with Crippen molar-refractivity contribution in [1.82, 2.24) is 24.3 Å². The molecule has 200 valence electrons. The molecular weight excluding hydrogens is 540 g/mol. The minimum Gasteiger partial charge on any atom is -0.365 e. The fraction of sp³-hybridized carbons (Fsp3) is 0.222. The SMILES string of the molecule is C=CC(=O)c1cc(-c2cc(NCc3ccc(Cl)s3)n(C(=O)C(C)(C)C)n2)cn(CC(=O)c2cnccn2)c1=O. The minimum absolute atomic E-state index is 0.0756. The Hall–Kier alpha value is -4.22. The molecule has 0 radical (unpaired) electrons. The summed E-state index contributed by atoms with van der Waals surface area (Å²) < 4.78 is 3.03. The molecule has 4 heterocycles. The molecule has 10 nitrogen and oxygen atoms in total. The molecule has 0 fully saturated rings. The molecule has 0 amide bonds. The van der Waals surface area contributed by atoms with Crippen LogP contribution >= 0.6 is 22.9 Å². The summed E-state index contributed by atoms with van der Waals surface area (Å²) in [6.45, 7) is 8.82. The number of anilines is 1. The van der Waals surface area contributed by atoms with Gasteiger partial charge in [-0.3, -0.25) is 24.2 Å². The van der Waals surface area contributed by atoms with Crippen LogP contribution in [0.2, 0.25) is 4.34 Å². The van der Waals surface area contributed by atoms with Crippen molar-refractivity contribution in [2.75, 3.05) is 5.32 Å². The number of hydrogen-bond acceptors (Lipinski definition) is 9. The van der Waals surface area contributed by atoms with E-state index in [0.717, 1.165) is 15.5 Å². The first kappa shape index (κ1) is 27.8. The number of thiophene rings is 1. The normalized spacial score (nSPS) is 11.3. The number of nitrogens with zero attached hydrogens (tertiary/aromatic N) is 5. The van der Waals surface area contributed by atoms with Crippen LogP contribution in [0.5, 0.6) is 0 Å². The summed E-state index contributed by atoms with van der Waals surface area (Å²) in [6, 6.07) is 6.70. The van der Waals surface area contributed by atoms with Gasteiger partial charge in [0.2, 0.25) is 5.78 Å². The molecule has 1 N–H and O–H groups in total. The Morgan fingerprint density at radius 1 is 1.18 bits per heavy atom. The number of aromatic nitrogens is 5. The monoisotopic (exact) mass is 564 g/mol. The third kappa shape index (κ3) is 6.27. The van der Waals surface area contributed by atoms with Crippen molar-refractivity contribution in [2.45, 2.75) is 33.9 Å². The number of carbonyl (C=O) groups excluding carboxylic acids is 3. The molecule has 0 atom stereocenters. The number of hydrogen-bond donors (Lipinski definition) is 1. The molecule has 4 rings (SSSR count). The molecule has 0 aliphatic rings. The summed E-state index contributed by atoms with van der Waals surface area (Å²) in [6.07, 6.45) is 6.55. The van der Waals surface area contributed by atoms with Gasteiger partial charge in [0, 0.05) is 40.5 Å². The lowest BCUT2D eigenvalue weighted by atomic mass is 9.96. The lowest BCUT2D eigenvalue weighted by Crippen LogP contribution is -2.29. The second-order valence-corrected chi connectivity index (χ2v) is 11.4. The van der Waals surface area contributed by atoms with E-state index in [4.69, 9.17) is 11.6 Å². The van der Waals surface area contributed by atoms with E-state index < -0.39 is 22.5 Å². The number of ketones is 2. The van der Waals surface area contributed by atoms with Crippen LogP contribution < -0.4 is 10.9 Å². The number of allylic oxidation sites excluding steroid dienone is 1. The summed E-state index contributed by atoms with van der Waals surface area (Å²) in [5.41, 5.74) is -0.857. The van der Waals surface area contributed by atoms with Crippen molar-refractivity contribution >= 4 is 46.2 Å². The predicted molar refractivity (Wildman–Crippen MR) is 150 cm³/mol. The molecule has 12 heteroatoms. The lowest BCUT2D eigenvalue weighted by molar-refractivity contribution is 0.0752. The van der Waals surface area contributed by atoms with E-state index in [1.54, 1.807) is 32.9 Å². The predicted octanol–water partition coefficient (Wildman–Crippen LogP) is 4.77. The first-order chi connectivity index (χ1) is 18.5. The van der Waals surface area contributed by atoms with Gasteiger partial charge in [0.1, 0.15) is 11.5 Å². The maximum absolute atomic E-state index is 13.3. The second-order valence-electron chi connectivity index (χ2n) is 9.60. The van der Waals surface area contributed by atoms with Gasteiger partial charge in [-0.2, -0.15) is 9.78 Å². The van der Waals surface area contributed by atoms with Crippen LogP contribution in [-0.4, -0.2) is 41.8 Å². The molecule has 4 aromatic rings. The van der Waals surface area contributed by atoms with Gasteiger partial charge < -0.3 is 9.88 Å². The van der Waals surface area contributed by atoms with Gasteiger partial charge in [-0.25, -0.2) is 4.98 Å². The average Bonchev–Trinajstić information content (AvgIpc) is 3.53. The topological polar surface area (TPSA) is 129 Å². The summed E-state index contributed by atoms with van der Waals surface area (Å²) >= 11 is 7.46. The summed E-state index contributed by atoms with van der Waals surface area (Å²) in [7, 11) is 0. The average molecular weight is 565 g/mol. The van der Waals surface area contributed by atoms with Crippen molar-refractivity contribution in [1.29, 1.82) is 0 Å². The Kier molecular flexibility index (Phi) is 8.03. The molecule has 0 saturated heterocycles. The molecule has 0 bridgehead atoms. The number of carbonyl (C=O) groups is 3. The van der Waals surface area contributed by atoms with Crippen molar-refractivity contribution in [3.8, 4) is 11.3 Å². The zero-order valence-electron chi connectivity index (χ0n) is 21.5. The zero-order valence-corrected chi connectivity index (χ0v) is 23.0. The second kappa shape index (κ2) is 11.3. The van der Waals surface area contributed by atoms with Crippen molar-refractivity contribution < 1.29 is 14.4 Å². The standard InChI is InChI=1S/C27H25ClN6O4S/c1-5-21(35)18-10-16(14-33(25(18)37)15-22(36)20-13-29-8-9-30-20)19-11-24(31-12-17-6-7-23(28)39-17)34(32-19)26(38)27(2,3)4/h5-11,13-14,31H,1,12,15H2,2-4H3. The number of rotatable bonds is 9. The third-order valence-electron chi connectivity index (χ3n) is 5.61. The molecule has 0 aromatic carbocycles. The quantitative estimate of drug-likeness (QED) is 0.227. The summed E-state index contributed by atoms with van der Waals surface area (Å²) in [5, 5.41) is 7.75. The maximum atomic E-state index is 13.3. The fourth-order valence-corrected chi connectivity index (χ4v) is 4.63. The van der Waals surface area contributed by atoms with Gasteiger partial charge in [-0.15, -0.1) is 11.3 Å². The van der Waals surface area contributed by atoms with Crippen molar-refractivity contribution in [2.24, 2.45) is 5.41 Å². The van der Waals surface area contributed by atoms with Gasteiger partial charge in [-0.1, -0.05) is 39.0 Å². The highest BCUT2D eigenvalue weighted by atomic mass is 35.5. The molecule has 4 aromatic heterocycles. The minimum atomic E-state index is -0.752. The molecule has 0 saturated carbocycles. The van der Waals surface area contributed by atoms with E-state index in [2.05, 4.69) is 27.0 Å². The Morgan fingerprint density at radius 2 is 1.95 bits per heavy atom. The molecule has 0 spiro atoms. The molecule has 0 unspecified atom stereocenters. The van der Waals surface area contributed by atoms with Crippen LogP contribution in [0.1, 0.15) is 51.3 Å². The maximum Gasteiger partial charge on any atom is 0.262 e. The molecule has 0 aliphatic carbocycles. The van der Waals surface area contributed by atoms with E-state index >= 15 is 0 Å². The van der Waals surface area contributed by atoms with Gasteiger partial charge in [0.05, 0.1) is 34.9 Å². The van der Waals surface area contributed by atoms with Crippen LogP contribution in [0.4, 0.5) is 5.82 Å². The number of nitrogens with one attached hydrogen (secondary N) is 1. The van der Waals surface area contributed by atoms with Crippen LogP contribution in [0.15, 0.2) is 66.5 Å². The highest BCUT2D eigenvalue weighted by Gasteiger charge is 2.27. The van der Waals surface area contributed by atoms with Gasteiger partial charge in [-0.05, 0) is 24.3 Å². The number of halogens is 1. The van der Waals surface area contributed by atoms with Crippen molar-refractivity contribution in [3.05, 3.63) is 92.5 Å². The summed E-state index contributed by atoms with van der Waals surface area (Å²) in [5.74, 6) is -0.932. The van der Waals surface area contributed by atoms with Gasteiger partial charge in [0.15, 0.2) is 5.78 Å². The Morgan fingerprint density at radius 3 is 2.56 bits per heavy atom. The summed E-state index contributed by atoms with van der Waals surface area (Å²) in [4.78, 5) is 60.5.